The van der Waals surface area contributed by atoms with Crippen molar-refractivity contribution in [2.45, 2.75) is 115 Å². The Hall–Kier alpha value is -5.76. The third-order valence-corrected chi connectivity index (χ3v) is 12.2. The van der Waals surface area contributed by atoms with Gasteiger partial charge < -0.3 is 39.9 Å². The molecule has 4 amide bonds. The van der Waals surface area contributed by atoms with Gasteiger partial charge in [0, 0.05) is 24.2 Å². The number of rotatable bonds is 8. The van der Waals surface area contributed by atoms with Gasteiger partial charge in [0.1, 0.15) is 35.1 Å². The molecular formula is C44H54N8O6. The van der Waals surface area contributed by atoms with E-state index in [9.17, 15) is 19.2 Å². The summed E-state index contributed by atoms with van der Waals surface area (Å²) in [7, 11) is 2.58. The van der Waals surface area contributed by atoms with Crippen LogP contribution in [0.1, 0.15) is 148 Å². The van der Waals surface area contributed by atoms with Crippen LogP contribution in [0.3, 0.4) is 0 Å². The first-order valence-electron chi connectivity index (χ1n) is 20.6. The second-order valence-electron chi connectivity index (χ2n) is 16.5. The number of nitrogens with one attached hydrogen (secondary N) is 4. The highest BCUT2D eigenvalue weighted by atomic mass is 16.5. The average molecular weight is 791 g/mol. The maximum Gasteiger partial charge on any atom is 0.407 e. The zero-order chi connectivity index (χ0) is 41.1. The van der Waals surface area contributed by atoms with Gasteiger partial charge in [-0.2, -0.15) is 0 Å². The molecule has 1 saturated carbocycles. The largest absolute Gasteiger partial charge is 0.453 e. The van der Waals surface area contributed by atoms with E-state index in [1.807, 2.05) is 27.7 Å². The third-order valence-electron chi connectivity index (χ3n) is 12.2. The molecule has 2 aliphatic heterocycles. The summed E-state index contributed by atoms with van der Waals surface area (Å²) < 4.78 is 9.54. The van der Waals surface area contributed by atoms with Crippen LogP contribution in [0.25, 0.3) is 0 Å². The standard InChI is InChI=1S/C44H54N8O6/c1-25(2)37(49-43(55)57-5)41(53)51-21-7-9-33(51)39-45-23-31(47-39)19-17-29-15-16-30(36-28-13-11-27(12-14-28)35(29)36)18-20-32-24-46-40(48-32)34-10-8-22-52(34)42(54)38(26(3)4)50-44(56)58-6/h15-16,23-28,33-34,37-38H,7-14,21-22H2,1-6H3,(H,45,47)(H,46,48)(H,49,55)(H,50,56)/t27?,28?,33-,34+,37-,38-/m0/s1. The van der Waals surface area contributed by atoms with E-state index < -0.39 is 24.3 Å². The van der Waals surface area contributed by atoms with Crippen molar-refractivity contribution in [1.29, 1.82) is 0 Å². The van der Waals surface area contributed by atoms with E-state index in [2.05, 4.69) is 66.4 Å². The SMILES string of the molecule is COC(=O)N[C@H](C(=O)N1CCC[C@@H]1c1ncc(C#Cc2ccc(C#Cc3cnc([C@@H]4CCCN4C(=O)[C@@H](NC(=O)OC)C(C)C)[nH]3)c3c2C2CCC3CC2)[nH]1)C(C)C. The van der Waals surface area contributed by atoms with Crippen LogP contribution in [0.5, 0.6) is 0 Å². The second kappa shape index (κ2) is 17.4. The molecule has 4 N–H and O–H groups in total. The molecule has 2 aromatic heterocycles. The summed E-state index contributed by atoms with van der Waals surface area (Å²) in [5, 5.41) is 5.40. The summed E-state index contributed by atoms with van der Waals surface area (Å²) in [5.41, 5.74) is 5.98. The highest BCUT2D eigenvalue weighted by Crippen LogP contribution is 2.51. The van der Waals surface area contributed by atoms with Crippen LogP contribution in [0.15, 0.2) is 24.5 Å². The topological polar surface area (TPSA) is 175 Å². The zero-order valence-electron chi connectivity index (χ0n) is 34.2. The molecule has 2 saturated heterocycles. The minimum atomic E-state index is -0.699. The van der Waals surface area contributed by atoms with Gasteiger partial charge in [0.2, 0.25) is 11.8 Å². The van der Waals surface area contributed by atoms with Crippen LogP contribution in [0.4, 0.5) is 9.59 Å². The Morgan fingerprint density at radius 1 is 0.655 bits per heavy atom. The van der Waals surface area contributed by atoms with E-state index in [0.29, 0.717) is 48.0 Å². The molecule has 14 nitrogen and oxygen atoms in total. The van der Waals surface area contributed by atoms with Crippen molar-refractivity contribution < 1.29 is 28.7 Å². The second-order valence-corrected chi connectivity index (χ2v) is 16.5. The Kier molecular flexibility index (Phi) is 12.1. The summed E-state index contributed by atoms with van der Waals surface area (Å²) in [6.45, 7) is 8.77. The molecule has 0 unspecified atom stereocenters. The molecular weight excluding hydrogens is 737 g/mol. The Balaban J connectivity index is 1.09. The quantitative estimate of drug-likeness (QED) is 0.208. The Morgan fingerprint density at radius 3 is 1.41 bits per heavy atom. The monoisotopic (exact) mass is 790 g/mol. The number of aromatic amines is 2. The number of hydrogen-bond donors (Lipinski definition) is 4. The lowest BCUT2D eigenvalue weighted by Crippen LogP contribution is -2.51. The van der Waals surface area contributed by atoms with Gasteiger partial charge in [0.15, 0.2) is 0 Å². The number of methoxy groups -OCH3 is 2. The van der Waals surface area contributed by atoms with Gasteiger partial charge in [-0.15, -0.1) is 0 Å². The fraction of sp³-hybridized carbons (Fsp3) is 0.545. The van der Waals surface area contributed by atoms with E-state index in [1.54, 1.807) is 22.2 Å². The van der Waals surface area contributed by atoms with Gasteiger partial charge in [-0.25, -0.2) is 19.6 Å². The van der Waals surface area contributed by atoms with E-state index >= 15 is 0 Å². The molecule has 58 heavy (non-hydrogen) atoms. The molecule has 4 atom stereocenters. The van der Waals surface area contributed by atoms with Gasteiger partial charge in [-0.1, -0.05) is 39.5 Å². The summed E-state index contributed by atoms with van der Waals surface area (Å²) in [4.78, 5) is 70.9. The number of fused-ring (bicyclic) bond motifs is 2. The number of H-pyrrole nitrogens is 2. The molecule has 3 fully saturated rings. The van der Waals surface area contributed by atoms with Crippen LogP contribution in [-0.2, 0) is 19.1 Å². The molecule has 3 aromatic rings. The number of aromatic nitrogens is 4. The van der Waals surface area contributed by atoms with Crippen molar-refractivity contribution in [3.63, 3.8) is 0 Å². The molecule has 2 bridgehead atoms. The first-order valence-corrected chi connectivity index (χ1v) is 20.6. The molecule has 0 spiro atoms. The van der Waals surface area contributed by atoms with E-state index in [1.165, 1.54) is 25.3 Å². The Labute approximate surface area is 340 Å². The Morgan fingerprint density at radius 2 is 1.05 bits per heavy atom. The van der Waals surface area contributed by atoms with Crippen LogP contribution in [0, 0.1) is 35.5 Å². The van der Waals surface area contributed by atoms with E-state index in [0.717, 1.165) is 62.5 Å². The van der Waals surface area contributed by atoms with Crippen molar-refractivity contribution in [1.82, 2.24) is 40.4 Å². The predicted octanol–water partition coefficient (Wildman–Crippen LogP) is 5.78. The lowest BCUT2D eigenvalue weighted by atomic mass is 9.64. The number of ether oxygens (including phenoxy) is 2. The van der Waals surface area contributed by atoms with Gasteiger partial charge >= 0.3 is 12.2 Å². The van der Waals surface area contributed by atoms with Crippen molar-refractivity contribution in [2.24, 2.45) is 11.8 Å². The average Bonchev–Trinajstić information content (AvgIpc) is 4.07. The van der Waals surface area contributed by atoms with Gasteiger partial charge in [0.05, 0.1) is 38.7 Å². The van der Waals surface area contributed by atoms with Crippen molar-refractivity contribution in [3.05, 3.63) is 69.8 Å². The normalized spacial score (nSPS) is 21.7. The first kappa shape index (κ1) is 40.4. The van der Waals surface area contributed by atoms with Crippen LogP contribution in [-0.4, -0.2) is 93.1 Å². The number of imidazole rings is 2. The molecule has 4 heterocycles. The highest BCUT2D eigenvalue weighted by molar-refractivity contribution is 5.87. The third kappa shape index (κ3) is 8.29. The fourth-order valence-corrected chi connectivity index (χ4v) is 9.20. The molecule has 5 aliphatic rings. The van der Waals surface area contributed by atoms with Gasteiger partial charge in [-0.3, -0.25) is 9.59 Å². The molecule has 306 valence electrons. The van der Waals surface area contributed by atoms with E-state index in [-0.39, 0.29) is 35.7 Å². The summed E-state index contributed by atoms with van der Waals surface area (Å²) in [5.74, 6) is 15.3. The summed E-state index contributed by atoms with van der Waals surface area (Å²) in [6.07, 6.45) is 9.96. The molecule has 3 aliphatic carbocycles. The van der Waals surface area contributed by atoms with Crippen LogP contribution < -0.4 is 10.6 Å². The first-order chi connectivity index (χ1) is 28.0. The molecule has 0 radical (unpaired) electrons. The van der Waals surface area contributed by atoms with E-state index in [4.69, 9.17) is 9.47 Å². The smallest absolute Gasteiger partial charge is 0.407 e. The number of amides is 4. The number of likely N-dealkylation sites (tertiary alicyclic amines) is 2. The number of benzene rings is 1. The number of carbonyl (C=O) groups is 4. The number of nitrogens with zero attached hydrogens (tertiary/aromatic N) is 4. The maximum atomic E-state index is 13.6. The van der Waals surface area contributed by atoms with Crippen molar-refractivity contribution >= 4 is 24.0 Å². The number of alkyl carbamates (subject to hydrolysis) is 2. The lowest BCUT2D eigenvalue weighted by molar-refractivity contribution is -0.136. The molecule has 1 aromatic carbocycles. The van der Waals surface area contributed by atoms with Gasteiger partial charge in [-0.05, 0) is 110 Å². The minimum absolute atomic E-state index is 0.114. The summed E-state index contributed by atoms with van der Waals surface area (Å²) in [6, 6.07) is 2.30. The molecule has 8 rings (SSSR count). The highest BCUT2D eigenvalue weighted by Gasteiger charge is 2.39. The fourth-order valence-electron chi connectivity index (χ4n) is 9.20. The Bertz CT molecular complexity index is 2010. The minimum Gasteiger partial charge on any atom is -0.453 e. The van der Waals surface area contributed by atoms with Crippen molar-refractivity contribution in [2.75, 3.05) is 27.3 Å². The predicted molar refractivity (Wildman–Crippen MR) is 215 cm³/mol. The number of carbonyl (C=O) groups excluding carboxylic acids is 4. The lowest BCUT2D eigenvalue weighted by Gasteiger charge is -2.39. The zero-order valence-corrected chi connectivity index (χ0v) is 34.2. The van der Waals surface area contributed by atoms with Crippen LogP contribution in [0.2, 0.25) is 0 Å². The molecule has 14 heteroatoms. The van der Waals surface area contributed by atoms with Crippen LogP contribution >= 0.6 is 0 Å². The van der Waals surface area contributed by atoms with Crippen molar-refractivity contribution in [3.8, 4) is 23.7 Å². The number of hydrogen-bond acceptors (Lipinski definition) is 8. The van der Waals surface area contributed by atoms with Gasteiger partial charge in [0.25, 0.3) is 0 Å². The maximum absolute atomic E-state index is 13.6. The summed E-state index contributed by atoms with van der Waals surface area (Å²) >= 11 is 0.